The number of rotatable bonds is 4. The monoisotopic (exact) mass is 231 g/mol. The third-order valence-corrected chi connectivity index (χ3v) is 4.18. The summed E-state index contributed by atoms with van der Waals surface area (Å²) < 4.78 is 0. The van der Waals surface area contributed by atoms with Crippen LogP contribution in [0.15, 0.2) is 12.1 Å². The summed E-state index contributed by atoms with van der Waals surface area (Å²) >= 11 is 0. The van der Waals surface area contributed by atoms with Crippen molar-refractivity contribution in [2.24, 2.45) is 5.92 Å². The molecule has 0 bridgehead atoms. The predicted octanol–water partition coefficient (Wildman–Crippen LogP) is 3.89. The summed E-state index contributed by atoms with van der Waals surface area (Å²) in [6, 6.07) is 4.65. The van der Waals surface area contributed by atoms with E-state index in [2.05, 4.69) is 38.2 Å². The fourth-order valence-corrected chi connectivity index (χ4v) is 2.84. The molecule has 1 saturated carbocycles. The lowest BCUT2D eigenvalue weighted by Gasteiger charge is -2.13. The molecule has 0 spiro atoms. The predicted molar refractivity (Wildman–Crippen MR) is 74.3 cm³/mol. The molecule has 0 heterocycles. The molecule has 1 heteroatoms. The van der Waals surface area contributed by atoms with E-state index in [4.69, 9.17) is 0 Å². The van der Waals surface area contributed by atoms with Crippen molar-refractivity contribution in [2.45, 2.75) is 53.0 Å². The molecule has 0 saturated heterocycles. The lowest BCUT2D eigenvalue weighted by molar-refractivity contribution is 0.489. The SMILES string of the molecule is Cc1cc(C)c(CNCC2CCCC2)cc1C. The minimum absolute atomic E-state index is 0.932. The van der Waals surface area contributed by atoms with Gasteiger partial charge in [-0.05, 0) is 68.3 Å². The Bertz CT molecular complexity index is 375. The van der Waals surface area contributed by atoms with E-state index < -0.39 is 0 Å². The first kappa shape index (κ1) is 12.6. The Morgan fingerprint density at radius 1 is 1.00 bits per heavy atom. The third kappa shape index (κ3) is 3.32. The molecule has 0 aliphatic heterocycles. The first-order valence-corrected chi connectivity index (χ1v) is 6.94. The van der Waals surface area contributed by atoms with Crippen LogP contribution in [0.4, 0.5) is 0 Å². The average Bonchev–Trinajstić information content (AvgIpc) is 2.78. The molecule has 1 aliphatic carbocycles. The van der Waals surface area contributed by atoms with E-state index in [1.807, 2.05) is 0 Å². The van der Waals surface area contributed by atoms with Crippen molar-refractivity contribution in [3.63, 3.8) is 0 Å². The molecule has 94 valence electrons. The molecular weight excluding hydrogens is 206 g/mol. The van der Waals surface area contributed by atoms with Gasteiger partial charge in [0.1, 0.15) is 0 Å². The molecule has 0 unspecified atom stereocenters. The highest BCUT2D eigenvalue weighted by molar-refractivity contribution is 5.36. The molecule has 0 atom stereocenters. The zero-order chi connectivity index (χ0) is 12.3. The fourth-order valence-electron chi connectivity index (χ4n) is 2.84. The van der Waals surface area contributed by atoms with Gasteiger partial charge in [-0.3, -0.25) is 0 Å². The van der Waals surface area contributed by atoms with Crippen LogP contribution in [0.5, 0.6) is 0 Å². The van der Waals surface area contributed by atoms with Crippen molar-refractivity contribution in [1.29, 1.82) is 0 Å². The smallest absolute Gasteiger partial charge is 0.0208 e. The maximum absolute atomic E-state index is 3.63. The van der Waals surface area contributed by atoms with Crippen LogP contribution in [-0.4, -0.2) is 6.54 Å². The Hall–Kier alpha value is -0.820. The van der Waals surface area contributed by atoms with Crippen molar-refractivity contribution >= 4 is 0 Å². The van der Waals surface area contributed by atoms with E-state index in [0.29, 0.717) is 0 Å². The highest BCUT2D eigenvalue weighted by atomic mass is 14.9. The van der Waals surface area contributed by atoms with Gasteiger partial charge in [0, 0.05) is 6.54 Å². The van der Waals surface area contributed by atoms with Crippen LogP contribution < -0.4 is 5.32 Å². The van der Waals surface area contributed by atoms with E-state index in [-0.39, 0.29) is 0 Å². The second kappa shape index (κ2) is 5.68. The third-order valence-electron chi connectivity index (χ3n) is 4.18. The molecule has 0 aromatic heterocycles. The molecule has 1 aromatic rings. The summed E-state index contributed by atoms with van der Waals surface area (Å²) in [5, 5.41) is 3.63. The highest BCUT2D eigenvalue weighted by Gasteiger charge is 2.14. The Morgan fingerprint density at radius 2 is 1.65 bits per heavy atom. The Morgan fingerprint density at radius 3 is 2.35 bits per heavy atom. The summed E-state index contributed by atoms with van der Waals surface area (Å²) in [5.74, 6) is 0.932. The summed E-state index contributed by atoms with van der Waals surface area (Å²) in [6.45, 7) is 8.85. The van der Waals surface area contributed by atoms with Gasteiger partial charge < -0.3 is 5.32 Å². The van der Waals surface area contributed by atoms with Gasteiger partial charge in [0.15, 0.2) is 0 Å². The average molecular weight is 231 g/mol. The molecule has 17 heavy (non-hydrogen) atoms. The molecule has 2 rings (SSSR count). The van der Waals surface area contributed by atoms with Gasteiger partial charge in [-0.1, -0.05) is 25.0 Å². The Labute approximate surface area is 106 Å². The van der Waals surface area contributed by atoms with Crippen molar-refractivity contribution < 1.29 is 0 Å². The maximum Gasteiger partial charge on any atom is 0.0208 e. The van der Waals surface area contributed by atoms with Gasteiger partial charge in [0.25, 0.3) is 0 Å². The lowest BCUT2D eigenvalue weighted by Crippen LogP contribution is -2.21. The number of hydrogen-bond donors (Lipinski definition) is 1. The first-order valence-electron chi connectivity index (χ1n) is 6.94. The van der Waals surface area contributed by atoms with Gasteiger partial charge in [-0.25, -0.2) is 0 Å². The van der Waals surface area contributed by atoms with Crippen LogP contribution in [0.25, 0.3) is 0 Å². The summed E-state index contributed by atoms with van der Waals surface area (Å²) in [6.07, 6.45) is 5.74. The van der Waals surface area contributed by atoms with Crippen LogP contribution >= 0.6 is 0 Å². The number of aryl methyl sites for hydroxylation is 3. The molecule has 0 amide bonds. The quantitative estimate of drug-likeness (QED) is 0.829. The topological polar surface area (TPSA) is 12.0 Å². The zero-order valence-corrected chi connectivity index (χ0v) is 11.5. The van der Waals surface area contributed by atoms with E-state index in [0.717, 1.165) is 12.5 Å². The van der Waals surface area contributed by atoms with Crippen molar-refractivity contribution in [3.05, 3.63) is 34.4 Å². The van der Waals surface area contributed by atoms with Crippen molar-refractivity contribution in [3.8, 4) is 0 Å². The minimum Gasteiger partial charge on any atom is -0.312 e. The lowest BCUT2D eigenvalue weighted by atomic mass is 10.0. The molecule has 1 N–H and O–H groups in total. The van der Waals surface area contributed by atoms with Crippen LogP contribution in [0.1, 0.15) is 47.9 Å². The Balaban J connectivity index is 1.87. The Kier molecular flexibility index (Phi) is 4.22. The number of benzene rings is 1. The highest BCUT2D eigenvalue weighted by Crippen LogP contribution is 2.24. The number of nitrogens with one attached hydrogen (secondary N) is 1. The van der Waals surface area contributed by atoms with Gasteiger partial charge in [0.2, 0.25) is 0 Å². The van der Waals surface area contributed by atoms with Crippen LogP contribution in [0.3, 0.4) is 0 Å². The fraction of sp³-hybridized carbons (Fsp3) is 0.625. The number of hydrogen-bond acceptors (Lipinski definition) is 1. The van der Waals surface area contributed by atoms with Gasteiger partial charge in [0.05, 0.1) is 0 Å². The van der Waals surface area contributed by atoms with E-state index in [1.165, 1.54) is 54.5 Å². The van der Waals surface area contributed by atoms with E-state index >= 15 is 0 Å². The zero-order valence-electron chi connectivity index (χ0n) is 11.5. The van der Waals surface area contributed by atoms with Crippen LogP contribution in [0.2, 0.25) is 0 Å². The molecule has 1 aliphatic rings. The van der Waals surface area contributed by atoms with Crippen molar-refractivity contribution in [2.75, 3.05) is 6.54 Å². The molecule has 1 fully saturated rings. The van der Waals surface area contributed by atoms with Crippen molar-refractivity contribution in [1.82, 2.24) is 5.32 Å². The second-order valence-electron chi connectivity index (χ2n) is 5.64. The van der Waals surface area contributed by atoms with Gasteiger partial charge in [-0.15, -0.1) is 0 Å². The molecule has 1 nitrogen and oxygen atoms in total. The summed E-state index contributed by atoms with van der Waals surface area (Å²) in [4.78, 5) is 0. The maximum atomic E-state index is 3.63. The van der Waals surface area contributed by atoms with Gasteiger partial charge in [-0.2, -0.15) is 0 Å². The normalized spacial score (nSPS) is 16.6. The van der Waals surface area contributed by atoms with Crippen LogP contribution in [-0.2, 0) is 6.54 Å². The standard InChI is InChI=1S/C16H25N/c1-12-8-14(3)16(9-13(12)2)11-17-10-15-6-4-5-7-15/h8-9,15,17H,4-7,10-11H2,1-3H3. The minimum atomic E-state index is 0.932. The molecule has 1 aromatic carbocycles. The summed E-state index contributed by atoms with van der Waals surface area (Å²) in [7, 11) is 0. The van der Waals surface area contributed by atoms with Gasteiger partial charge >= 0.3 is 0 Å². The largest absolute Gasteiger partial charge is 0.312 e. The van der Waals surface area contributed by atoms with Crippen LogP contribution in [0, 0.1) is 26.7 Å². The molecular formula is C16H25N. The summed E-state index contributed by atoms with van der Waals surface area (Å²) in [5.41, 5.74) is 5.70. The molecule has 0 radical (unpaired) electrons. The first-order chi connectivity index (χ1) is 8.16. The van der Waals surface area contributed by atoms with E-state index in [9.17, 15) is 0 Å². The second-order valence-corrected chi connectivity index (χ2v) is 5.64. The van der Waals surface area contributed by atoms with E-state index in [1.54, 1.807) is 0 Å².